The van der Waals surface area contributed by atoms with Gasteiger partial charge in [0.25, 0.3) is 5.56 Å². The second kappa shape index (κ2) is 5.31. The maximum Gasteiger partial charge on any atom is 0.264 e. The summed E-state index contributed by atoms with van der Waals surface area (Å²) >= 11 is 0. The number of nitrogens with zero attached hydrogens (tertiary/aromatic N) is 2. The van der Waals surface area contributed by atoms with Crippen LogP contribution in [0.15, 0.2) is 35.1 Å². The number of hydrogen-bond donors (Lipinski definition) is 2. The summed E-state index contributed by atoms with van der Waals surface area (Å²) in [7, 11) is 1.53. The van der Waals surface area contributed by atoms with E-state index in [1.807, 2.05) is 38.1 Å². The highest BCUT2D eigenvalue weighted by Crippen LogP contribution is 2.22. The average Bonchev–Trinajstić information content (AvgIpc) is 2.95. The van der Waals surface area contributed by atoms with Crippen LogP contribution in [0.25, 0.3) is 16.6 Å². The molecule has 6 nitrogen and oxygen atoms in total. The Morgan fingerprint density at radius 2 is 2.14 bits per heavy atom. The lowest BCUT2D eigenvalue weighted by atomic mass is 10.0. The quantitative estimate of drug-likeness (QED) is 0.775. The number of hydrogen-bond acceptors (Lipinski definition) is 4. The maximum atomic E-state index is 13.0. The van der Waals surface area contributed by atoms with Crippen molar-refractivity contribution < 1.29 is 4.74 Å². The lowest BCUT2D eigenvalue weighted by Crippen LogP contribution is -2.26. The van der Waals surface area contributed by atoms with Gasteiger partial charge in [0.05, 0.1) is 12.5 Å². The van der Waals surface area contributed by atoms with Crippen molar-refractivity contribution in [3.63, 3.8) is 0 Å². The van der Waals surface area contributed by atoms with Gasteiger partial charge in [-0.25, -0.2) is 0 Å². The van der Waals surface area contributed by atoms with E-state index in [9.17, 15) is 4.79 Å². The zero-order valence-electron chi connectivity index (χ0n) is 12.8. The van der Waals surface area contributed by atoms with E-state index in [2.05, 4.69) is 10.2 Å². The molecule has 1 aromatic carbocycles. The molecule has 0 saturated heterocycles. The fraction of sp³-hybridized carbons (Fsp3) is 0.250. The lowest BCUT2D eigenvalue weighted by molar-refractivity contribution is 0.397. The molecule has 2 heterocycles. The molecular formula is C16H18N4O2. The molecule has 0 spiro atoms. The number of pyridine rings is 1. The molecule has 0 amide bonds. The van der Waals surface area contributed by atoms with Gasteiger partial charge in [-0.2, -0.15) is 0 Å². The summed E-state index contributed by atoms with van der Waals surface area (Å²) in [4.78, 5) is 13.0. The molecule has 2 aromatic heterocycles. The van der Waals surface area contributed by atoms with Gasteiger partial charge in [-0.15, -0.1) is 5.10 Å². The predicted molar refractivity (Wildman–Crippen MR) is 85.6 cm³/mol. The fourth-order valence-electron chi connectivity index (χ4n) is 2.65. The molecule has 0 saturated carbocycles. The third-order valence-electron chi connectivity index (χ3n) is 3.74. The number of methoxy groups -OCH3 is 1. The molecule has 1 unspecified atom stereocenters. The molecule has 0 aliphatic rings. The first-order chi connectivity index (χ1) is 10.5. The molecule has 22 heavy (non-hydrogen) atoms. The van der Waals surface area contributed by atoms with Crippen molar-refractivity contribution in [1.82, 2.24) is 14.8 Å². The second-order valence-corrected chi connectivity index (χ2v) is 5.33. The second-order valence-electron chi connectivity index (χ2n) is 5.33. The molecule has 0 fully saturated rings. The largest absolute Gasteiger partial charge is 0.480 e. The minimum absolute atomic E-state index is 0.116. The van der Waals surface area contributed by atoms with Gasteiger partial charge < -0.3 is 10.5 Å². The highest BCUT2D eigenvalue weighted by molar-refractivity contribution is 5.85. The Labute approximate surface area is 127 Å². The Morgan fingerprint density at radius 1 is 1.36 bits per heavy atom. The van der Waals surface area contributed by atoms with Crippen molar-refractivity contribution in [1.29, 1.82) is 0 Å². The van der Waals surface area contributed by atoms with Crippen LogP contribution in [0, 0.1) is 6.92 Å². The first-order valence-electron chi connectivity index (χ1n) is 7.03. The van der Waals surface area contributed by atoms with Gasteiger partial charge in [0, 0.05) is 17.8 Å². The summed E-state index contributed by atoms with van der Waals surface area (Å²) in [6.45, 7) is 3.77. The van der Waals surface area contributed by atoms with E-state index >= 15 is 0 Å². The number of ether oxygens (including phenoxy) is 1. The number of aromatic nitrogens is 3. The zero-order valence-corrected chi connectivity index (χ0v) is 12.8. The Morgan fingerprint density at radius 3 is 2.77 bits per heavy atom. The summed E-state index contributed by atoms with van der Waals surface area (Å²) in [6.07, 6.45) is 0. The standard InChI is InChI=1S/C16H18N4O2/c1-9-5-4-6-11-7-12(10(2)17)20(16(21)15(9)11)13-8-14(22-3)19-18-13/h4-8,10H,17H2,1-3H3,(H,18,19). The van der Waals surface area contributed by atoms with E-state index in [0.29, 0.717) is 17.1 Å². The number of rotatable bonds is 3. The fourth-order valence-corrected chi connectivity index (χ4v) is 2.65. The monoisotopic (exact) mass is 298 g/mol. The number of benzene rings is 1. The molecule has 114 valence electrons. The number of aromatic amines is 1. The van der Waals surface area contributed by atoms with Crippen LogP contribution in [-0.2, 0) is 0 Å². The molecule has 3 N–H and O–H groups in total. The van der Waals surface area contributed by atoms with Crippen LogP contribution < -0.4 is 16.0 Å². The van der Waals surface area contributed by atoms with Gasteiger partial charge in [-0.1, -0.05) is 18.2 Å². The highest BCUT2D eigenvalue weighted by atomic mass is 16.5. The summed E-state index contributed by atoms with van der Waals surface area (Å²) in [5.41, 5.74) is 7.59. The molecule has 0 bridgehead atoms. The highest BCUT2D eigenvalue weighted by Gasteiger charge is 2.16. The number of fused-ring (bicyclic) bond motifs is 1. The Hall–Kier alpha value is -2.60. The number of aryl methyl sites for hydroxylation is 1. The summed E-state index contributed by atoms with van der Waals surface area (Å²) < 4.78 is 6.64. The van der Waals surface area contributed by atoms with Crippen LogP contribution in [0.3, 0.4) is 0 Å². The van der Waals surface area contributed by atoms with E-state index < -0.39 is 0 Å². The average molecular weight is 298 g/mol. The third-order valence-corrected chi connectivity index (χ3v) is 3.74. The molecule has 3 aromatic rings. The van der Waals surface area contributed by atoms with Crippen molar-refractivity contribution in [3.05, 3.63) is 51.9 Å². The minimum Gasteiger partial charge on any atom is -0.480 e. The first-order valence-corrected chi connectivity index (χ1v) is 7.03. The van der Waals surface area contributed by atoms with Crippen LogP contribution in [0.5, 0.6) is 5.88 Å². The molecule has 3 rings (SSSR count). The maximum absolute atomic E-state index is 13.0. The summed E-state index contributed by atoms with van der Waals surface area (Å²) in [5.74, 6) is 0.960. The molecule has 0 aliphatic heterocycles. The molecule has 1 atom stereocenters. The zero-order chi connectivity index (χ0) is 15.9. The summed E-state index contributed by atoms with van der Waals surface area (Å²) in [5, 5.41) is 8.40. The number of H-pyrrole nitrogens is 1. The molecule has 6 heteroatoms. The van der Waals surface area contributed by atoms with Crippen LogP contribution in [0.2, 0.25) is 0 Å². The van der Waals surface area contributed by atoms with Gasteiger partial charge in [-0.3, -0.25) is 14.5 Å². The Bertz CT molecular complexity index is 893. The van der Waals surface area contributed by atoms with E-state index in [0.717, 1.165) is 16.6 Å². The van der Waals surface area contributed by atoms with Gasteiger partial charge in [0.15, 0.2) is 0 Å². The van der Waals surface area contributed by atoms with Crippen LogP contribution in [0.1, 0.15) is 24.2 Å². The van der Waals surface area contributed by atoms with Crippen molar-refractivity contribution in [2.24, 2.45) is 5.73 Å². The summed E-state index contributed by atoms with van der Waals surface area (Å²) in [6, 6.07) is 9.11. The van der Waals surface area contributed by atoms with Crippen LogP contribution in [0.4, 0.5) is 0 Å². The van der Waals surface area contributed by atoms with Crippen molar-refractivity contribution >= 4 is 10.8 Å². The van der Waals surface area contributed by atoms with Crippen LogP contribution in [-0.4, -0.2) is 21.9 Å². The van der Waals surface area contributed by atoms with Gasteiger partial charge in [0.2, 0.25) is 5.88 Å². The Kier molecular flexibility index (Phi) is 3.46. The minimum atomic E-state index is -0.299. The molecule has 0 radical (unpaired) electrons. The molecule has 0 aliphatic carbocycles. The van der Waals surface area contributed by atoms with Crippen molar-refractivity contribution in [3.8, 4) is 11.7 Å². The van der Waals surface area contributed by atoms with E-state index in [1.165, 1.54) is 7.11 Å². The van der Waals surface area contributed by atoms with Gasteiger partial charge in [-0.05, 0) is 30.9 Å². The Balaban J connectivity index is 2.40. The normalized spacial score (nSPS) is 12.5. The lowest BCUT2D eigenvalue weighted by Gasteiger charge is -2.16. The van der Waals surface area contributed by atoms with E-state index in [4.69, 9.17) is 10.5 Å². The van der Waals surface area contributed by atoms with Crippen molar-refractivity contribution in [2.75, 3.05) is 7.11 Å². The first kappa shape index (κ1) is 14.3. The van der Waals surface area contributed by atoms with Crippen LogP contribution >= 0.6 is 0 Å². The van der Waals surface area contributed by atoms with Gasteiger partial charge >= 0.3 is 0 Å². The molecular weight excluding hydrogens is 280 g/mol. The predicted octanol–water partition coefficient (Wildman–Crippen LogP) is 2.05. The van der Waals surface area contributed by atoms with Crippen molar-refractivity contribution in [2.45, 2.75) is 19.9 Å². The van der Waals surface area contributed by atoms with E-state index in [-0.39, 0.29) is 11.6 Å². The topological polar surface area (TPSA) is 85.9 Å². The third kappa shape index (κ3) is 2.17. The number of nitrogens with one attached hydrogen (secondary N) is 1. The van der Waals surface area contributed by atoms with E-state index in [1.54, 1.807) is 10.6 Å². The smallest absolute Gasteiger partial charge is 0.264 e. The SMILES string of the molecule is COc1cc(-n2c(C(C)N)cc3cccc(C)c3c2=O)[nH]n1. The van der Waals surface area contributed by atoms with Gasteiger partial charge in [0.1, 0.15) is 5.82 Å². The number of nitrogens with two attached hydrogens (primary N) is 1.